The molecule has 1 heterocycles. The van der Waals surface area contributed by atoms with E-state index in [0.29, 0.717) is 30.5 Å². The molecule has 1 aliphatic carbocycles. The highest BCUT2D eigenvalue weighted by atomic mass is 16.3. The molecule has 4 N–H and O–H groups in total. The van der Waals surface area contributed by atoms with Gasteiger partial charge in [0.1, 0.15) is 17.5 Å². The van der Waals surface area contributed by atoms with Gasteiger partial charge in [0.05, 0.1) is 12.0 Å². The number of nitriles is 1. The molecule has 3 atom stereocenters. The molecule has 3 aromatic rings. The van der Waals surface area contributed by atoms with Gasteiger partial charge in [0, 0.05) is 29.4 Å². The fourth-order valence-corrected chi connectivity index (χ4v) is 4.36. The lowest BCUT2D eigenvalue weighted by molar-refractivity contribution is -0.127. The maximum atomic E-state index is 13.0. The smallest absolute Gasteiger partial charge is 0.267 e. The highest BCUT2D eigenvalue weighted by Gasteiger charge is 2.33. The average molecular weight is 431 g/mol. The van der Waals surface area contributed by atoms with E-state index in [9.17, 15) is 20.0 Å². The van der Waals surface area contributed by atoms with E-state index in [0.717, 1.165) is 23.8 Å². The van der Waals surface area contributed by atoms with Gasteiger partial charge in [-0.1, -0.05) is 43.2 Å². The second kappa shape index (κ2) is 9.56. The van der Waals surface area contributed by atoms with Crippen LogP contribution in [0.4, 0.5) is 0 Å². The topological polar surface area (TPSA) is 118 Å². The number of nitrogens with one attached hydrogen (secondary N) is 3. The summed E-state index contributed by atoms with van der Waals surface area (Å²) in [6.07, 6.45) is 3.66. The number of amides is 2. The first-order chi connectivity index (χ1) is 15.5. The van der Waals surface area contributed by atoms with E-state index in [1.165, 1.54) is 0 Å². The summed E-state index contributed by atoms with van der Waals surface area (Å²) in [6, 6.07) is 17.4. The summed E-state index contributed by atoms with van der Waals surface area (Å²) in [6.45, 7) is 0. The Morgan fingerprint density at radius 1 is 1.12 bits per heavy atom. The molecule has 0 saturated heterocycles. The number of benzene rings is 2. The van der Waals surface area contributed by atoms with Crippen molar-refractivity contribution in [1.29, 1.82) is 5.26 Å². The maximum Gasteiger partial charge on any atom is 0.267 e. The van der Waals surface area contributed by atoms with Crippen molar-refractivity contribution in [1.82, 2.24) is 15.6 Å². The first kappa shape index (κ1) is 21.4. The van der Waals surface area contributed by atoms with Gasteiger partial charge in [-0.2, -0.15) is 5.26 Å². The van der Waals surface area contributed by atoms with Crippen LogP contribution in [0.1, 0.15) is 41.7 Å². The van der Waals surface area contributed by atoms with Crippen LogP contribution >= 0.6 is 0 Å². The summed E-state index contributed by atoms with van der Waals surface area (Å²) >= 11 is 0. The molecule has 4 rings (SSSR count). The van der Waals surface area contributed by atoms with Crippen LogP contribution in [0.2, 0.25) is 0 Å². The van der Waals surface area contributed by atoms with Gasteiger partial charge in [-0.05, 0) is 36.6 Å². The highest BCUT2D eigenvalue weighted by Crippen LogP contribution is 2.26. The quantitative estimate of drug-likeness (QED) is 0.479. The van der Waals surface area contributed by atoms with Crippen molar-refractivity contribution < 1.29 is 14.7 Å². The third-order valence-corrected chi connectivity index (χ3v) is 6.02. The van der Waals surface area contributed by atoms with Crippen molar-refractivity contribution in [3.63, 3.8) is 0 Å². The zero-order valence-corrected chi connectivity index (χ0v) is 17.7. The van der Waals surface area contributed by atoms with Gasteiger partial charge in [-0.25, -0.2) is 0 Å². The largest absolute Gasteiger partial charge is 0.508 e. The van der Waals surface area contributed by atoms with Crippen LogP contribution in [0.15, 0.2) is 54.6 Å². The summed E-state index contributed by atoms with van der Waals surface area (Å²) in [7, 11) is 0. The van der Waals surface area contributed by atoms with Gasteiger partial charge >= 0.3 is 0 Å². The van der Waals surface area contributed by atoms with Gasteiger partial charge in [0.25, 0.3) is 5.91 Å². The molecule has 1 aromatic heterocycles. The third-order valence-electron chi connectivity index (χ3n) is 6.02. The lowest BCUT2D eigenvalue weighted by atomic mass is 9.83. The Hall–Kier alpha value is -3.79. The second-order valence-corrected chi connectivity index (χ2v) is 8.31. The van der Waals surface area contributed by atoms with Gasteiger partial charge in [-0.3, -0.25) is 9.59 Å². The third kappa shape index (κ3) is 4.92. The van der Waals surface area contributed by atoms with Crippen LogP contribution in [0.5, 0.6) is 5.75 Å². The van der Waals surface area contributed by atoms with Gasteiger partial charge < -0.3 is 20.7 Å². The highest BCUT2D eigenvalue weighted by molar-refractivity contribution is 5.98. The van der Waals surface area contributed by atoms with Crippen molar-refractivity contribution in [2.24, 2.45) is 5.92 Å². The SMILES string of the molecule is N#CC(Cc1ccccc1)NC(=O)[C@@H]1CCCC[C@@H]1NC(=O)c1cc2ccc(O)cc2[nH]1. The molecule has 7 nitrogen and oxygen atoms in total. The number of H-pyrrole nitrogens is 1. The molecule has 2 aromatic carbocycles. The zero-order valence-electron chi connectivity index (χ0n) is 17.7. The zero-order chi connectivity index (χ0) is 22.5. The summed E-state index contributed by atoms with van der Waals surface area (Å²) < 4.78 is 0. The predicted molar refractivity (Wildman–Crippen MR) is 121 cm³/mol. The molecule has 0 aliphatic heterocycles. The van der Waals surface area contributed by atoms with Crippen LogP contribution in [-0.4, -0.2) is 34.0 Å². The van der Waals surface area contributed by atoms with Crippen LogP contribution in [0.3, 0.4) is 0 Å². The van der Waals surface area contributed by atoms with Gasteiger partial charge in [-0.15, -0.1) is 0 Å². The Kier molecular flexibility index (Phi) is 6.41. The molecular formula is C25H26N4O3. The first-order valence-electron chi connectivity index (χ1n) is 10.9. The Morgan fingerprint density at radius 2 is 1.91 bits per heavy atom. The lowest BCUT2D eigenvalue weighted by Crippen LogP contribution is -2.50. The van der Waals surface area contributed by atoms with E-state index >= 15 is 0 Å². The number of aromatic nitrogens is 1. The van der Waals surface area contributed by atoms with E-state index in [-0.39, 0.29) is 29.5 Å². The number of carbonyl (C=O) groups is 2. The Labute approximate surface area is 186 Å². The van der Waals surface area contributed by atoms with E-state index in [2.05, 4.69) is 21.7 Å². The molecule has 32 heavy (non-hydrogen) atoms. The molecule has 1 saturated carbocycles. The number of hydrogen-bond donors (Lipinski definition) is 4. The number of aromatic hydroxyl groups is 1. The van der Waals surface area contributed by atoms with Crippen LogP contribution in [0, 0.1) is 17.2 Å². The van der Waals surface area contributed by atoms with Gasteiger partial charge in [0.15, 0.2) is 0 Å². The summed E-state index contributed by atoms with van der Waals surface area (Å²) in [5.41, 5.74) is 2.04. The summed E-state index contributed by atoms with van der Waals surface area (Å²) in [5.74, 6) is -0.740. The molecule has 164 valence electrons. The average Bonchev–Trinajstić information content (AvgIpc) is 3.23. The van der Waals surface area contributed by atoms with Crippen LogP contribution < -0.4 is 10.6 Å². The van der Waals surface area contributed by atoms with Crippen LogP contribution in [0.25, 0.3) is 10.9 Å². The summed E-state index contributed by atoms with van der Waals surface area (Å²) in [5, 5.41) is 25.9. The van der Waals surface area contributed by atoms with Crippen molar-refractivity contribution in [2.45, 2.75) is 44.2 Å². The fraction of sp³-hybridized carbons (Fsp3) is 0.320. The minimum Gasteiger partial charge on any atom is -0.508 e. The number of aromatic amines is 1. The molecule has 0 bridgehead atoms. The molecule has 1 fully saturated rings. The number of rotatable bonds is 6. The minimum absolute atomic E-state index is 0.123. The number of nitrogens with zero attached hydrogens (tertiary/aromatic N) is 1. The first-order valence-corrected chi connectivity index (χ1v) is 10.9. The molecule has 2 amide bonds. The predicted octanol–water partition coefficient (Wildman–Crippen LogP) is 3.41. The normalized spacial score (nSPS) is 19.1. The molecule has 7 heteroatoms. The van der Waals surface area contributed by atoms with E-state index in [4.69, 9.17) is 0 Å². The number of phenols is 1. The molecular weight excluding hydrogens is 404 g/mol. The minimum atomic E-state index is -0.621. The van der Waals surface area contributed by atoms with E-state index in [1.807, 2.05) is 30.3 Å². The molecule has 0 spiro atoms. The van der Waals surface area contributed by atoms with E-state index < -0.39 is 6.04 Å². The number of fused-ring (bicyclic) bond motifs is 1. The number of phenolic OH excluding ortho intramolecular Hbond substituents is 1. The van der Waals surface area contributed by atoms with Gasteiger partial charge in [0.2, 0.25) is 5.91 Å². The van der Waals surface area contributed by atoms with Crippen molar-refractivity contribution >= 4 is 22.7 Å². The Bertz CT molecular complexity index is 1150. The van der Waals surface area contributed by atoms with Crippen molar-refractivity contribution in [3.8, 4) is 11.8 Å². The molecule has 0 radical (unpaired) electrons. The Morgan fingerprint density at radius 3 is 2.69 bits per heavy atom. The standard InChI is InChI=1S/C25H26N4O3/c26-15-18(12-16-6-2-1-3-7-16)27-24(31)20-8-4-5-9-21(20)29-25(32)23-13-17-10-11-19(30)14-22(17)28-23/h1-3,6-7,10-11,13-14,18,20-21,28,30H,4-5,8-9,12H2,(H,27,31)(H,29,32)/t18?,20-,21+/m1/s1. The Balaban J connectivity index is 1.42. The maximum absolute atomic E-state index is 13.0. The van der Waals surface area contributed by atoms with E-state index in [1.54, 1.807) is 24.3 Å². The lowest BCUT2D eigenvalue weighted by Gasteiger charge is -2.31. The molecule has 1 unspecified atom stereocenters. The number of carbonyl (C=O) groups excluding carboxylic acids is 2. The molecule has 1 aliphatic rings. The fourth-order valence-electron chi connectivity index (χ4n) is 4.36. The number of hydrogen-bond acceptors (Lipinski definition) is 4. The second-order valence-electron chi connectivity index (χ2n) is 8.31. The van der Waals surface area contributed by atoms with Crippen LogP contribution in [-0.2, 0) is 11.2 Å². The van der Waals surface area contributed by atoms with Crippen molar-refractivity contribution in [3.05, 3.63) is 65.9 Å². The van der Waals surface area contributed by atoms with Crippen molar-refractivity contribution in [2.75, 3.05) is 0 Å². The summed E-state index contributed by atoms with van der Waals surface area (Å²) in [4.78, 5) is 28.9. The monoisotopic (exact) mass is 430 g/mol.